The van der Waals surface area contributed by atoms with Crippen molar-refractivity contribution in [1.29, 1.82) is 0 Å². The van der Waals surface area contributed by atoms with Crippen LogP contribution in [0.2, 0.25) is 5.02 Å². The van der Waals surface area contributed by atoms with Gasteiger partial charge in [-0.2, -0.15) is 0 Å². The van der Waals surface area contributed by atoms with Crippen molar-refractivity contribution in [2.24, 2.45) is 0 Å². The summed E-state index contributed by atoms with van der Waals surface area (Å²) in [7, 11) is 0. The van der Waals surface area contributed by atoms with Gasteiger partial charge in [-0.05, 0) is 48.7 Å². The van der Waals surface area contributed by atoms with Crippen LogP contribution in [0.25, 0.3) is 0 Å². The third-order valence-corrected chi connectivity index (χ3v) is 3.15. The predicted molar refractivity (Wildman–Crippen MR) is 73.2 cm³/mol. The van der Waals surface area contributed by atoms with Crippen LogP contribution >= 0.6 is 11.6 Å². The van der Waals surface area contributed by atoms with Crippen molar-refractivity contribution in [3.63, 3.8) is 0 Å². The van der Waals surface area contributed by atoms with Crippen LogP contribution in [0.15, 0.2) is 36.5 Å². The van der Waals surface area contributed by atoms with Crippen molar-refractivity contribution in [2.75, 3.05) is 0 Å². The van der Waals surface area contributed by atoms with E-state index in [0.717, 1.165) is 17.5 Å². The van der Waals surface area contributed by atoms with Gasteiger partial charge < -0.3 is 0 Å². The van der Waals surface area contributed by atoms with E-state index in [0.29, 0.717) is 16.3 Å². The molecule has 0 spiro atoms. The van der Waals surface area contributed by atoms with Crippen molar-refractivity contribution >= 4 is 17.4 Å². The van der Waals surface area contributed by atoms with Gasteiger partial charge in [-0.25, -0.2) is 0 Å². The van der Waals surface area contributed by atoms with Gasteiger partial charge >= 0.3 is 0 Å². The van der Waals surface area contributed by atoms with Crippen molar-refractivity contribution in [3.8, 4) is 0 Å². The first-order valence-corrected chi connectivity index (χ1v) is 6.26. The zero-order chi connectivity index (χ0) is 13.1. The molecule has 0 N–H and O–H groups in total. The van der Waals surface area contributed by atoms with E-state index >= 15 is 0 Å². The van der Waals surface area contributed by atoms with Crippen LogP contribution in [0, 0.1) is 6.92 Å². The molecule has 1 heterocycles. The molecule has 18 heavy (non-hydrogen) atoms. The fourth-order valence-electron chi connectivity index (χ4n) is 1.93. The summed E-state index contributed by atoms with van der Waals surface area (Å²) in [5.41, 5.74) is 3.04. The van der Waals surface area contributed by atoms with Crippen molar-refractivity contribution < 1.29 is 4.79 Å². The van der Waals surface area contributed by atoms with Gasteiger partial charge in [0.2, 0.25) is 5.78 Å². The zero-order valence-electron chi connectivity index (χ0n) is 10.4. The van der Waals surface area contributed by atoms with Gasteiger partial charge in [0, 0.05) is 16.8 Å². The second-order valence-electron chi connectivity index (χ2n) is 4.15. The largest absolute Gasteiger partial charge is 0.287 e. The van der Waals surface area contributed by atoms with E-state index in [4.69, 9.17) is 11.6 Å². The maximum Gasteiger partial charge on any atom is 0.211 e. The van der Waals surface area contributed by atoms with E-state index in [1.54, 1.807) is 18.3 Å². The molecule has 92 valence electrons. The van der Waals surface area contributed by atoms with Crippen LogP contribution in [0.5, 0.6) is 0 Å². The molecule has 0 saturated heterocycles. The van der Waals surface area contributed by atoms with E-state index in [1.165, 1.54) is 0 Å². The summed E-state index contributed by atoms with van der Waals surface area (Å²) in [6, 6.07) is 9.08. The standard InChI is InChI=1S/C15H14ClNO/c1-3-11-9-12(16)6-7-13(11)15(18)14-10(2)5-4-8-17-14/h4-9H,3H2,1-2H3. The molecule has 0 aliphatic rings. The van der Waals surface area contributed by atoms with Crippen LogP contribution in [-0.2, 0) is 6.42 Å². The highest BCUT2D eigenvalue weighted by Crippen LogP contribution is 2.20. The number of hydrogen-bond donors (Lipinski definition) is 0. The summed E-state index contributed by atoms with van der Waals surface area (Å²) in [5, 5.41) is 0.654. The number of hydrogen-bond acceptors (Lipinski definition) is 2. The predicted octanol–water partition coefficient (Wildman–Crippen LogP) is 3.84. The lowest BCUT2D eigenvalue weighted by atomic mass is 9.98. The van der Waals surface area contributed by atoms with Crippen LogP contribution < -0.4 is 0 Å². The molecule has 0 amide bonds. The lowest BCUT2D eigenvalue weighted by Gasteiger charge is -2.08. The molecular weight excluding hydrogens is 246 g/mol. The molecule has 3 heteroatoms. The molecule has 2 nitrogen and oxygen atoms in total. The number of carbonyl (C=O) groups excluding carboxylic acids is 1. The van der Waals surface area contributed by atoms with Crippen molar-refractivity contribution in [3.05, 3.63) is 63.9 Å². The zero-order valence-corrected chi connectivity index (χ0v) is 11.2. The topological polar surface area (TPSA) is 30.0 Å². The number of pyridine rings is 1. The Hall–Kier alpha value is -1.67. The number of carbonyl (C=O) groups is 1. The van der Waals surface area contributed by atoms with Crippen LogP contribution in [-0.4, -0.2) is 10.8 Å². The number of nitrogens with zero attached hydrogens (tertiary/aromatic N) is 1. The lowest BCUT2D eigenvalue weighted by molar-refractivity contribution is 0.103. The highest BCUT2D eigenvalue weighted by atomic mass is 35.5. The van der Waals surface area contributed by atoms with Crippen LogP contribution in [0.1, 0.15) is 34.1 Å². The van der Waals surface area contributed by atoms with Crippen LogP contribution in [0.3, 0.4) is 0 Å². The Bertz CT molecular complexity index is 593. The fourth-order valence-corrected chi connectivity index (χ4v) is 2.12. The van der Waals surface area contributed by atoms with Gasteiger partial charge in [0.05, 0.1) is 0 Å². The third kappa shape index (κ3) is 2.44. The highest BCUT2D eigenvalue weighted by Gasteiger charge is 2.16. The van der Waals surface area contributed by atoms with E-state index in [-0.39, 0.29) is 5.78 Å². The number of ketones is 1. The fraction of sp³-hybridized carbons (Fsp3) is 0.200. The average molecular weight is 260 g/mol. The van der Waals surface area contributed by atoms with Crippen LogP contribution in [0.4, 0.5) is 0 Å². The molecule has 1 aromatic carbocycles. The Kier molecular flexibility index (Phi) is 3.78. The van der Waals surface area contributed by atoms with Gasteiger partial charge in [0.15, 0.2) is 0 Å². The monoisotopic (exact) mass is 259 g/mol. The smallest absolute Gasteiger partial charge is 0.211 e. The Morgan fingerprint density at radius 3 is 2.78 bits per heavy atom. The lowest BCUT2D eigenvalue weighted by Crippen LogP contribution is -2.09. The molecule has 0 saturated carbocycles. The van der Waals surface area contributed by atoms with Gasteiger partial charge in [0.25, 0.3) is 0 Å². The molecule has 0 atom stereocenters. The molecule has 0 unspecified atom stereocenters. The normalized spacial score (nSPS) is 10.4. The summed E-state index contributed by atoms with van der Waals surface area (Å²) in [6.45, 7) is 3.90. The molecular formula is C15H14ClNO. The summed E-state index contributed by atoms with van der Waals surface area (Å²) in [5.74, 6) is -0.0402. The molecule has 2 rings (SSSR count). The minimum Gasteiger partial charge on any atom is -0.287 e. The first-order valence-electron chi connectivity index (χ1n) is 5.88. The number of rotatable bonds is 3. The average Bonchev–Trinajstić information content (AvgIpc) is 2.38. The van der Waals surface area contributed by atoms with E-state index < -0.39 is 0 Å². The van der Waals surface area contributed by atoms with E-state index in [9.17, 15) is 4.79 Å². The molecule has 0 aliphatic carbocycles. The number of aryl methyl sites for hydroxylation is 2. The number of benzene rings is 1. The first kappa shape index (κ1) is 12.8. The Balaban J connectivity index is 2.50. The molecule has 0 radical (unpaired) electrons. The summed E-state index contributed by atoms with van der Waals surface area (Å²) in [4.78, 5) is 16.6. The quantitative estimate of drug-likeness (QED) is 0.784. The van der Waals surface area contributed by atoms with Gasteiger partial charge in [0.1, 0.15) is 5.69 Å². The van der Waals surface area contributed by atoms with Gasteiger partial charge in [-0.3, -0.25) is 9.78 Å². The summed E-state index contributed by atoms with van der Waals surface area (Å²) < 4.78 is 0. The maximum absolute atomic E-state index is 12.5. The Labute approximate surface area is 112 Å². The number of aromatic nitrogens is 1. The van der Waals surface area contributed by atoms with Crippen molar-refractivity contribution in [2.45, 2.75) is 20.3 Å². The van der Waals surface area contributed by atoms with Crippen molar-refractivity contribution in [1.82, 2.24) is 4.98 Å². The van der Waals surface area contributed by atoms with E-state index in [2.05, 4.69) is 4.98 Å². The van der Waals surface area contributed by atoms with E-state index in [1.807, 2.05) is 32.0 Å². The second-order valence-corrected chi connectivity index (χ2v) is 4.59. The minimum absolute atomic E-state index is 0.0402. The second kappa shape index (κ2) is 5.32. The summed E-state index contributed by atoms with van der Waals surface area (Å²) >= 11 is 5.95. The number of halogens is 1. The Morgan fingerprint density at radius 1 is 1.33 bits per heavy atom. The SMILES string of the molecule is CCc1cc(Cl)ccc1C(=O)c1ncccc1C. The Morgan fingerprint density at radius 2 is 2.11 bits per heavy atom. The molecule has 1 aromatic heterocycles. The summed E-state index contributed by atoms with van der Waals surface area (Å²) in [6.07, 6.45) is 2.41. The molecule has 0 bridgehead atoms. The molecule has 2 aromatic rings. The highest BCUT2D eigenvalue weighted by molar-refractivity contribution is 6.30. The molecule has 0 aliphatic heterocycles. The maximum atomic E-state index is 12.5. The third-order valence-electron chi connectivity index (χ3n) is 2.92. The molecule has 0 fully saturated rings. The minimum atomic E-state index is -0.0402. The van der Waals surface area contributed by atoms with Gasteiger partial charge in [-0.15, -0.1) is 0 Å². The van der Waals surface area contributed by atoms with Gasteiger partial charge in [-0.1, -0.05) is 24.6 Å². The first-order chi connectivity index (χ1) is 8.63.